The zero-order chi connectivity index (χ0) is 76.5. The SMILES string of the molecule is CCCCCCCCCCCCCCCCCCCCCCC(=O)O[C@H](COC(=O)CCCCCCCCCCCCCCCC(C)C)COP(=O)(O)OC[C@@H](O)COP(=O)(O)OC[C@@H](COC(=O)CCCCCCCCCCC(C)CC)OC(=O)CCCCCCCCCCCCCCCC(C)C. The number of hydrogen-bond donors (Lipinski definition) is 3. The van der Waals surface area contributed by atoms with Crippen LogP contribution in [0.15, 0.2) is 0 Å². The van der Waals surface area contributed by atoms with E-state index in [1.54, 1.807) is 0 Å². The fourth-order valence-electron chi connectivity index (χ4n) is 13.2. The van der Waals surface area contributed by atoms with Crippen molar-refractivity contribution < 1.29 is 80.2 Å². The van der Waals surface area contributed by atoms with Crippen molar-refractivity contribution in [1.29, 1.82) is 0 Å². The third kappa shape index (κ3) is 76.8. The average molecular weight is 1520 g/mol. The van der Waals surface area contributed by atoms with Gasteiger partial charge in [0.15, 0.2) is 12.2 Å². The van der Waals surface area contributed by atoms with E-state index < -0.39 is 97.5 Å². The number of aliphatic hydroxyl groups excluding tert-OH is 1. The lowest BCUT2D eigenvalue weighted by Gasteiger charge is -2.21. The minimum atomic E-state index is -4.97. The molecule has 0 amide bonds. The monoisotopic (exact) mass is 1520 g/mol. The standard InChI is InChI=1S/C85H166O17P2/c1-8-10-11-12-13-14-15-16-17-18-19-20-21-22-27-33-38-47-54-61-68-84(89)101-80(72-95-82(87)66-59-52-45-37-32-28-23-25-30-35-42-49-56-63-76(3)4)74-99-103(91,92)97-70-79(86)71-98-104(93,94)100-75-81(73-96-83(88)67-60-53-46-41-40-44-51-58-65-78(7)9-2)102-85(90)69-62-55-48-39-34-29-24-26-31-36-43-50-57-64-77(5)6/h76-81,86H,8-75H2,1-7H3,(H,91,92)(H,93,94)/t78?,79-,80-,81-/m1/s1. The molecule has 618 valence electrons. The highest BCUT2D eigenvalue weighted by atomic mass is 31.2. The van der Waals surface area contributed by atoms with E-state index in [1.165, 1.54) is 257 Å². The Morgan fingerprint density at radius 2 is 0.490 bits per heavy atom. The van der Waals surface area contributed by atoms with Gasteiger partial charge in [0.25, 0.3) is 0 Å². The maximum atomic E-state index is 13.1. The molecule has 0 radical (unpaired) electrons. The number of rotatable bonds is 83. The van der Waals surface area contributed by atoms with Gasteiger partial charge in [-0.3, -0.25) is 37.3 Å². The van der Waals surface area contributed by atoms with Gasteiger partial charge in [-0.05, 0) is 43.4 Å². The van der Waals surface area contributed by atoms with Gasteiger partial charge in [-0.2, -0.15) is 0 Å². The Kier molecular flexibility index (Phi) is 73.7. The number of esters is 4. The largest absolute Gasteiger partial charge is 0.472 e. The smallest absolute Gasteiger partial charge is 0.462 e. The van der Waals surface area contributed by atoms with Crippen molar-refractivity contribution in [2.24, 2.45) is 17.8 Å². The summed E-state index contributed by atoms with van der Waals surface area (Å²) in [5.41, 5.74) is 0. The van der Waals surface area contributed by atoms with E-state index in [1.807, 2.05) is 0 Å². The van der Waals surface area contributed by atoms with Crippen LogP contribution in [0.5, 0.6) is 0 Å². The van der Waals surface area contributed by atoms with E-state index >= 15 is 0 Å². The van der Waals surface area contributed by atoms with Gasteiger partial charge in [-0.1, -0.05) is 395 Å². The number of phosphoric ester groups is 2. The number of aliphatic hydroxyl groups is 1. The van der Waals surface area contributed by atoms with E-state index in [4.69, 9.17) is 37.0 Å². The summed E-state index contributed by atoms with van der Waals surface area (Å²) in [6, 6.07) is 0. The third-order valence-electron chi connectivity index (χ3n) is 20.2. The van der Waals surface area contributed by atoms with Crippen molar-refractivity contribution in [1.82, 2.24) is 0 Å². The number of phosphoric acid groups is 2. The van der Waals surface area contributed by atoms with Crippen molar-refractivity contribution in [3.05, 3.63) is 0 Å². The minimum absolute atomic E-state index is 0.107. The normalized spacial score (nSPS) is 14.2. The van der Waals surface area contributed by atoms with Crippen LogP contribution < -0.4 is 0 Å². The van der Waals surface area contributed by atoms with Crippen LogP contribution in [0.4, 0.5) is 0 Å². The summed E-state index contributed by atoms with van der Waals surface area (Å²) in [4.78, 5) is 73.2. The van der Waals surface area contributed by atoms with Crippen LogP contribution in [0.1, 0.15) is 447 Å². The second kappa shape index (κ2) is 75.1. The number of ether oxygens (including phenoxy) is 4. The molecule has 0 bridgehead atoms. The van der Waals surface area contributed by atoms with Crippen LogP contribution >= 0.6 is 15.6 Å². The van der Waals surface area contributed by atoms with Crippen LogP contribution in [-0.2, 0) is 65.4 Å². The highest BCUT2D eigenvalue weighted by Crippen LogP contribution is 2.45. The number of hydrogen-bond acceptors (Lipinski definition) is 15. The molecule has 0 spiro atoms. The molecular formula is C85H166O17P2. The molecule has 0 aromatic rings. The molecule has 6 atom stereocenters. The number of carbonyl (C=O) groups excluding carboxylic acids is 4. The first-order valence-electron chi connectivity index (χ1n) is 43.9. The van der Waals surface area contributed by atoms with Gasteiger partial charge in [0, 0.05) is 25.7 Å². The van der Waals surface area contributed by atoms with Gasteiger partial charge in [0.05, 0.1) is 26.4 Å². The summed E-state index contributed by atoms with van der Waals surface area (Å²) in [6.45, 7) is 12.0. The van der Waals surface area contributed by atoms with Gasteiger partial charge in [-0.15, -0.1) is 0 Å². The van der Waals surface area contributed by atoms with Crippen molar-refractivity contribution in [2.45, 2.75) is 465 Å². The summed E-state index contributed by atoms with van der Waals surface area (Å²) in [5.74, 6) is 0.249. The molecule has 19 heteroatoms. The van der Waals surface area contributed by atoms with Gasteiger partial charge >= 0.3 is 39.5 Å². The Morgan fingerprint density at radius 3 is 0.731 bits per heavy atom. The van der Waals surface area contributed by atoms with Crippen molar-refractivity contribution >= 4 is 39.5 Å². The van der Waals surface area contributed by atoms with Gasteiger partial charge in [-0.25, -0.2) is 9.13 Å². The van der Waals surface area contributed by atoms with E-state index in [-0.39, 0.29) is 25.7 Å². The predicted octanol–water partition coefficient (Wildman–Crippen LogP) is 25.7. The molecule has 3 N–H and O–H groups in total. The van der Waals surface area contributed by atoms with Gasteiger partial charge < -0.3 is 33.8 Å². The second-order valence-corrected chi connectivity index (χ2v) is 34.7. The first-order chi connectivity index (χ1) is 50.3. The molecule has 104 heavy (non-hydrogen) atoms. The van der Waals surface area contributed by atoms with E-state index in [0.29, 0.717) is 25.7 Å². The molecule has 0 heterocycles. The highest BCUT2D eigenvalue weighted by molar-refractivity contribution is 7.47. The summed E-state index contributed by atoms with van der Waals surface area (Å²) in [6.07, 6.45) is 65.2. The number of carbonyl (C=O) groups is 4. The molecule has 0 aromatic heterocycles. The van der Waals surface area contributed by atoms with E-state index in [9.17, 15) is 43.2 Å². The van der Waals surface area contributed by atoms with E-state index in [0.717, 1.165) is 108 Å². The molecule has 0 fully saturated rings. The quantitative estimate of drug-likeness (QED) is 0.0222. The maximum absolute atomic E-state index is 13.1. The summed E-state index contributed by atoms with van der Waals surface area (Å²) in [5, 5.41) is 10.7. The molecule has 0 rings (SSSR count). The summed E-state index contributed by atoms with van der Waals surface area (Å²) in [7, 11) is -9.93. The summed E-state index contributed by atoms with van der Waals surface area (Å²) >= 11 is 0. The Balaban J connectivity index is 5.26. The third-order valence-corrected chi connectivity index (χ3v) is 22.1. The fraction of sp³-hybridized carbons (Fsp3) is 0.953. The maximum Gasteiger partial charge on any atom is 0.472 e. The van der Waals surface area contributed by atoms with Crippen LogP contribution in [0.3, 0.4) is 0 Å². The molecule has 0 saturated carbocycles. The van der Waals surface area contributed by atoms with Gasteiger partial charge in [0.2, 0.25) is 0 Å². The highest BCUT2D eigenvalue weighted by Gasteiger charge is 2.30. The zero-order valence-corrected chi connectivity index (χ0v) is 70.3. The molecule has 0 aliphatic heterocycles. The number of unbranched alkanes of at least 4 members (excludes halogenated alkanes) is 50. The predicted molar refractivity (Wildman–Crippen MR) is 428 cm³/mol. The topological polar surface area (TPSA) is 237 Å². The van der Waals surface area contributed by atoms with Crippen molar-refractivity contribution in [3.63, 3.8) is 0 Å². The lowest BCUT2D eigenvalue weighted by atomic mass is 9.99. The van der Waals surface area contributed by atoms with Crippen molar-refractivity contribution in [2.75, 3.05) is 39.6 Å². The lowest BCUT2D eigenvalue weighted by molar-refractivity contribution is -0.161. The first-order valence-corrected chi connectivity index (χ1v) is 46.9. The van der Waals surface area contributed by atoms with Crippen LogP contribution in [0.25, 0.3) is 0 Å². The Morgan fingerprint density at radius 1 is 0.279 bits per heavy atom. The van der Waals surface area contributed by atoms with E-state index in [2.05, 4.69) is 48.5 Å². The Labute approximate surface area is 638 Å². The Hall–Kier alpha value is -1.94. The molecule has 17 nitrogen and oxygen atoms in total. The van der Waals surface area contributed by atoms with Crippen LogP contribution in [0.2, 0.25) is 0 Å². The lowest BCUT2D eigenvalue weighted by Crippen LogP contribution is -2.30. The first kappa shape index (κ1) is 102. The molecule has 0 aromatic carbocycles. The average Bonchev–Trinajstić information content (AvgIpc) is 0.904. The van der Waals surface area contributed by atoms with Gasteiger partial charge in [0.1, 0.15) is 19.3 Å². The molecule has 0 saturated heterocycles. The molecular weight excluding hydrogens is 1350 g/mol. The fourth-order valence-corrected chi connectivity index (χ4v) is 14.7. The van der Waals surface area contributed by atoms with Crippen LogP contribution in [-0.4, -0.2) is 96.7 Å². The second-order valence-electron chi connectivity index (χ2n) is 31.8. The Bertz CT molecular complexity index is 2010. The van der Waals surface area contributed by atoms with Crippen LogP contribution in [0, 0.1) is 17.8 Å². The zero-order valence-electron chi connectivity index (χ0n) is 68.5. The molecule has 0 aliphatic carbocycles. The molecule has 3 unspecified atom stereocenters. The summed E-state index contributed by atoms with van der Waals surface area (Å²) < 4.78 is 68.9. The minimum Gasteiger partial charge on any atom is -0.462 e. The van der Waals surface area contributed by atoms with Crippen molar-refractivity contribution in [3.8, 4) is 0 Å². The molecule has 0 aliphatic rings.